The van der Waals surface area contributed by atoms with E-state index in [2.05, 4.69) is 20.6 Å². The molecule has 1 heterocycles. The van der Waals surface area contributed by atoms with E-state index in [-0.39, 0.29) is 49.2 Å². The van der Waals surface area contributed by atoms with E-state index in [1.165, 1.54) is 11.9 Å². The lowest BCUT2D eigenvalue weighted by Gasteiger charge is -2.30. The number of likely N-dealkylation sites (N-methyl/N-ethyl adjacent to an activating group) is 1. The van der Waals surface area contributed by atoms with Crippen molar-refractivity contribution in [1.29, 1.82) is 0 Å². The number of carbonyl (C=O) groups is 3. The van der Waals surface area contributed by atoms with Crippen LogP contribution in [0.25, 0.3) is 0 Å². The molecule has 1 aliphatic heterocycles. The zero-order valence-corrected chi connectivity index (χ0v) is 15.2. The molecule has 11 heteroatoms. The zero-order chi connectivity index (χ0) is 19.7. The van der Waals surface area contributed by atoms with Gasteiger partial charge in [0, 0.05) is 32.5 Å². The highest BCUT2D eigenvalue weighted by molar-refractivity contribution is 6.07. The first-order chi connectivity index (χ1) is 12.2. The summed E-state index contributed by atoms with van der Waals surface area (Å²) in [7, 11) is 1.53. The molecule has 0 aromatic rings. The quantitative estimate of drug-likeness (QED) is 0.181. The van der Waals surface area contributed by atoms with Crippen LogP contribution in [0.5, 0.6) is 0 Å². The number of aliphatic imine (C=N–C) groups is 2. The van der Waals surface area contributed by atoms with Crippen LogP contribution in [0.15, 0.2) is 9.98 Å². The molecule has 0 bridgehead atoms. The fourth-order valence-corrected chi connectivity index (χ4v) is 2.30. The summed E-state index contributed by atoms with van der Waals surface area (Å²) in [5, 5.41) is 4.97. The van der Waals surface area contributed by atoms with Crippen LogP contribution in [-0.2, 0) is 14.4 Å². The average molecular weight is 368 g/mol. The van der Waals surface area contributed by atoms with Crippen molar-refractivity contribution in [2.75, 3.05) is 20.1 Å². The predicted octanol–water partition coefficient (Wildman–Crippen LogP) is -2.40. The highest BCUT2D eigenvalue weighted by Gasteiger charge is 2.31. The Hall–Kier alpha value is -2.69. The van der Waals surface area contributed by atoms with E-state index in [0.29, 0.717) is 19.4 Å². The maximum absolute atomic E-state index is 12.3. The Kier molecular flexibility index (Phi) is 8.49. The van der Waals surface area contributed by atoms with Crippen molar-refractivity contribution in [1.82, 2.24) is 15.5 Å². The summed E-state index contributed by atoms with van der Waals surface area (Å²) < 4.78 is 0. The van der Waals surface area contributed by atoms with Gasteiger partial charge in [0.25, 0.3) is 5.91 Å². The van der Waals surface area contributed by atoms with Crippen molar-refractivity contribution in [3.8, 4) is 0 Å². The number of carbonyl (C=O) groups excluding carboxylic acids is 3. The van der Waals surface area contributed by atoms with E-state index in [4.69, 9.17) is 17.2 Å². The molecule has 11 nitrogen and oxygen atoms in total. The van der Waals surface area contributed by atoms with Crippen LogP contribution < -0.4 is 27.8 Å². The molecule has 0 aliphatic carbocycles. The maximum Gasteiger partial charge on any atom is 0.251 e. The fourth-order valence-electron chi connectivity index (χ4n) is 2.30. The third-order valence-electron chi connectivity index (χ3n) is 3.87. The normalized spacial score (nSPS) is 17.6. The molecular weight excluding hydrogens is 340 g/mol. The van der Waals surface area contributed by atoms with E-state index in [1.807, 2.05) is 0 Å². The van der Waals surface area contributed by atoms with Gasteiger partial charge in [-0.15, -0.1) is 0 Å². The first-order valence-corrected chi connectivity index (χ1v) is 8.46. The van der Waals surface area contributed by atoms with E-state index in [1.54, 1.807) is 6.92 Å². The van der Waals surface area contributed by atoms with Gasteiger partial charge >= 0.3 is 0 Å². The lowest BCUT2D eigenvalue weighted by Crippen LogP contribution is -2.57. The lowest BCUT2D eigenvalue weighted by atomic mass is 10.1. The molecule has 8 N–H and O–H groups in total. The molecule has 26 heavy (non-hydrogen) atoms. The molecule has 0 saturated heterocycles. The second kappa shape index (κ2) is 10.3. The van der Waals surface area contributed by atoms with E-state index >= 15 is 0 Å². The number of nitrogens with zero attached hydrogens (tertiary/aromatic N) is 3. The van der Waals surface area contributed by atoms with Gasteiger partial charge in [0.15, 0.2) is 5.96 Å². The predicted molar refractivity (Wildman–Crippen MR) is 97.9 cm³/mol. The van der Waals surface area contributed by atoms with Gasteiger partial charge in [-0.2, -0.15) is 0 Å². The van der Waals surface area contributed by atoms with Crippen molar-refractivity contribution in [2.45, 2.75) is 44.7 Å². The van der Waals surface area contributed by atoms with Crippen LogP contribution in [0.4, 0.5) is 0 Å². The highest BCUT2D eigenvalue weighted by Crippen LogP contribution is 2.08. The Labute approximate surface area is 152 Å². The van der Waals surface area contributed by atoms with Gasteiger partial charge in [0.2, 0.25) is 17.8 Å². The Balaban J connectivity index is 2.49. The number of amides is 3. The molecular formula is C15H28N8O3. The van der Waals surface area contributed by atoms with Crippen LogP contribution in [0.2, 0.25) is 0 Å². The molecule has 146 valence electrons. The van der Waals surface area contributed by atoms with Gasteiger partial charge in [-0.1, -0.05) is 6.92 Å². The van der Waals surface area contributed by atoms with Crippen molar-refractivity contribution in [3.63, 3.8) is 0 Å². The Morgan fingerprint density at radius 2 is 2.15 bits per heavy atom. The summed E-state index contributed by atoms with van der Waals surface area (Å²) >= 11 is 0. The molecule has 1 unspecified atom stereocenters. The number of rotatable bonds is 8. The molecule has 0 radical (unpaired) electrons. The Morgan fingerprint density at radius 3 is 2.73 bits per heavy atom. The largest absolute Gasteiger partial charge is 0.370 e. The summed E-state index contributed by atoms with van der Waals surface area (Å²) in [6.45, 7) is 2.22. The monoisotopic (exact) mass is 368 g/mol. The van der Waals surface area contributed by atoms with Gasteiger partial charge in [0.1, 0.15) is 6.04 Å². The molecule has 3 amide bonds. The van der Waals surface area contributed by atoms with Gasteiger partial charge in [-0.25, -0.2) is 4.99 Å². The third kappa shape index (κ3) is 7.05. The number of hydrogen-bond donors (Lipinski definition) is 5. The van der Waals surface area contributed by atoms with E-state index in [9.17, 15) is 14.4 Å². The molecule has 0 aromatic heterocycles. The van der Waals surface area contributed by atoms with Crippen molar-refractivity contribution < 1.29 is 14.4 Å². The molecule has 0 saturated carbocycles. The van der Waals surface area contributed by atoms with E-state index in [0.717, 1.165) is 0 Å². The van der Waals surface area contributed by atoms with Crippen LogP contribution in [0.3, 0.4) is 0 Å². The van der Waals surface area contributed by atoms with Crippen molar-refractivity contribution >= 4 is 29.6 Å². The Morgan fingerprint density at radius 1 is 1.46 bits per heavy atom. The SMILES string of the molecule is CCC(=O)NC1=NCC(N(C)C(=O)C[C@@H](N)CCCN=C(N)N)C(=O)N1. The standard InChI is InChI=1S/C15H28N8O3/c1-3-11(24)21-15-20-8-10(13(26)22-15)23(2)12(25)7-9(16)5-4-6-19-14(17)18/h9-10H,3-8,16H2,1-2H3,(H4,17,18,19)(H2,20,21,22,24,26)/t9-,10?/m0/s1. The molecule has 1 aliphatic rings. The summed E-state index contributed by atoms with van der Waals surface area (Å²) in [6, 6.07) is -1.09. The van der Waals surface area contributed by atoms with E-state index < -0.39 is 11.9 Å². The number of guanidine groups is 2. The minimum Gasteiger partial charge on any atom is -0.370 e. The van der Waals surface area contributed by atoms with Crippen LogP contribution in [0.1, 0.15) is 32.6 Å². The summed E-state index contributed by atoms with van der Waals surface area (Å²) in [6.07, 6.45) is 1.62. The lowest BCUT2D eigenvalue weighted by molar-refractivity contribution is -0.138. The number of nitrogens with one attached hydrogen (secondary N) is 2. The van der Waals surface area contributed by atoms with Crippen molar-refractivity contribution in [2.24, 2.45) is 27.2 Å². The topological polar surface area (TPSA) is 181 Å². The third-order valence-corrected chi connectivity index (χ3v) is 3.87. The van der Waals surface area contributed by atoms with Gasteiger partial charge in [0.05, 0.1) is 6.54 Å². The second-order valence-corrected chi connectivity index (χ2v) is 6.01. The average Bonchev–Trinajstić information content (AvgIpc) is 2.58. The van der Waals surface area contributed by atoms with Crippen molar-refractivity contribution in [3.05, 3.63) is 0 Å². The van der Waals surface area contributed by atoms with Crippen LogP contribution in [-0.4, -0.2) is 66.8 Å². The summed E-state index contributed by atoms with van der Waals surface area (Å²) in [5.41, 5.74) is 16.4. The maximum atomic E-state index is 12.3. The molecule has 0 fully saturated rings. The minimum atomic E-state index is -0.737. The smallest absolute Gasteiger partial charge is 0.251 e. The first-order valence-electron chi connectivity index (χ1n) is 8.46. The Bertz CT molecular complexity index is 585. The second-order valence-electron chi connectivity index (χ2n) is 6.01. The molecule has 1 rings (SSSR count). The highest BCUT2D eigenvalue weighted by atomic mass is 16.2. The summed E-state index contributed by atoms with van der Waals surface area (Å²) in [4.78, 5) is 45.1. The fraction of sp³-hybridized carbons (Fsp3) is 0.667. The molecule has 0 aromatic carbocycles. The summed E-state index contributed by atoms with van der Waals surface area (Å²) in [5.74, 6) is -0.777. The molecule has 2 atom stereocenters. The minimum absolute atomic E-state index is 0.0211. The van der Waals surface area contributed by atoms with Gasteiger partial charge < -0.3 is 22.1 Å². The van der Waals surface area contributed by atoms with Crippen LogP contribution >= 0.6 is 0 Å². The number of hydrogen-bond acceptors (Lipinski definition) is 6. The van der Waals surface area contributed by atoms with Gasteiger partial charge in [-0.05, 0) is 12.8 Å². The number of nitrogens with two attached hydrogens (primary N) is 3. The first kappa shape index (κ1) is 21.4. The zero-order valence-electron chi connectivity index (χ0n) is 15.2. The van der Waals surface area contributed by atoms with Gasteiger partial charge in [-0.3, -0.25) is 30.0 Å². The van der Waals surface area contributed by atoms with Crippen LogP contribution in [0, 0.1) is 0 Å². The molecule has 0 spiro atoms.